The average Bonchev–Trinajstić information content (AvgIpc) is 2.97. The Morgan fingerprint density at radius 3 is 1.49 bits per heavy atom. The maximum absolute atomic E-state index is 5.96. The van der Waals surface area contributed by atoms with Crippen molar-refractivity contribution in [1.29, 1.82) is 0 Å². The van der Waals surface area contributed by atoms with Crippen molar-refractivity contribution in [1.82, 2.24) is 0 Å². The third kappa shape index (κ3) is 18.0. The number of ether oxygens (including phenoxy) is 1. The lowest BCUT2D eigenvalue weighted by atomic mass is 10.0. The van der Waals surface area contributed by atoms with Gasteiger partial charge in [0.25, 0.3) is 0 Å². The zero-order valence-electron chi connectivity index (χ0n) is 25.6. The van der Waals surface area contributed by atoms with Crippen molar-refractivity contribution >= 4 is 11.9 Å². The molecule has 39 heavy (non-hydrogen) atoms. The van der Waals surface area contributed by atoms with Gasteiger partial charge in [-0.2, -0.15) is 0 Å². The van der Waals surface area contributed by atoms with Gasteiger partial charge in [0.05, 0.1) is 12.3 Å². The Bertz CT molecular complexity index is 824. The lowest BCUT2D eigenvalue weighted by Crippen LogP contribution is -1.97. The summed E-state index contributed by atoms with van der Waals surface area (Å²) in [6.07, 6.45) is 30.6. The molecule has 0 radical (unpaired) electrons. The van der Waals surface area contributed by atoms with Gasteiger partial charge >= 0.3 is 0 Å². The third-order valence-electron chi connectivity index (χ3n) is 7.76. The second-order valence-corrected chi connectivity index (χ2v) is 11.5. The molecule has 2 nitrogen and oxygen atoms in total. The van der Waals surface area contributed by atoms with Crippen LogP contribution in [-0.4, -0.2) is 12.8 Å². The molecular formula is C37H59NO. The minimum atomic E-state index is 0.816. The molecule has 0 amide bonds. The quantitative estimate of drug-likeness (QED) is 0.0918. The molecule has 2 aromatic rings. The summed E-state index contributed by atoms with van der Waals surface area (Å²) in [5.74, 6) is 0.959. The van der Waals surface area contributed by atoms with Crippen LogP contribution in [0.15, 0.2) is 53.5 Å². The number of hydrogen-bond acceptors (Lipinski definition) is 2. The van der Waals surface area contributed by atoms with E-state index in [1.807, 2.05) is 6.21 Å². The number of hydrogen-bond donors (Lipinski definition) is 0. The van der Waals surface area contributed by atoms with Gasteiger partial charge in [-0.05, 0) is 66.8 Å². The highest BCUT2D eigenvalue weighted by Gasteiger charge is 1.98. The van der Waals surface area contributed by atoms with E-state index in [0.717, 1.165) is 30.0 Å². The predicted octanol–water partition coefficient (Wildman–Crippen LogP) is 12.2. The van der Waals surface area contributed by atoms with Crippen molar-refractivity contribution in [3.05, 3.63) is 59.7 Å². The Hall–Kier alpha value is -2.09. The molecule has 0 aliphatic heterocycles. The smallest absolute Gasteiger partial charge is 0.119 e. The Morgan fingerprint density at radius 1 is 0.513 bits per heavy atom. The van der Waals surface area contributed by atoms with Crippen LogP contribution in [-0.2, 0) is 6.42 Å². The van der Waals surface area contributed by atoms with Gasteiger partial charge in [-0.1, -0.05) is 142 Å². The molecule has 0 bridgehead atoms. The number of nitrogens with zero attached hydrogens (tertiary/aromatic N) is 1. The summed E-state index contributed by atoms with van der Waals surface area (Å²) in [5.41, 5.74) is 3.55. The first-order chi connectivity index (χ1) is 19.3. The van der Waals surface area contributed by atoms with Gasteiger partial charge in [0.1, 0.15) is 5.75 Å². The fourth-order valence-electron chi connectivity index (χ4n) is 5.14. The van der Waals surface area contributed by atoms with E-state index in [9.17, 15) is 0 Å². The fraction of sp³-hybridized carbons (Fsp3) is 0.649. The molecule has 0 saturated heterocycles. The van der Waals surface area contributed by atoms with Crippen LogP contribution < -0.4 is 4.74 Å². The van der Waals surface area contributed by atoms with Gasteiger partial charge in [-0.15, -0.1) is 0 Å². The molecule has 0 spiro atoms. The van der Waals surface area contributed by atoms with E-state index in [2.05, 4.69) is 67.4 Å². The van der Waals surface area contributed by atoms with Crippen LogP contribution in [0.1, 0.15) is 153 Å². The Labute approximate surface area is 242 Å². The molecule has 0 aliphatic carbocycles. The van der Waals surface area contributed by atoms with Crippen molar-refractivity contribution in [3.63, 3.8) is 0 Å². The summed E-state index contributed by atoms with van der Waals surface area (Å²) in [4.78, 5) is 4.66. The van der Waals surface area contributed by atoms with Crippen molar-refractivity contribution in [3.8, 4) is 5.75 Å². The lowest BCUT2D eigenvalue weighted by molar-refractivity contribution is 0.304. The SMILES string of the molecule is CCCCCCCCCCCCCCCOc1ccc(C=Nc2ccc(CCCCCCCCC)cc2)cc1. The summed E-state index contributed by atoms with van der Waals surface area (Å²) >= 11 is 0. The van der Waals surface area contributed by atoms with E-state index in [-0.39, 0.29) is 0 Å². The second kappa shape index (κ2) is 23.8. The summed E-state index contributed by atoms with van der Waals surface area (Å²) in [5, 5.41) is 0. The number of aryl methyl sites for hydroxylation is 1. The maximum Gasteiger partial charge on any atom is 0.119 e. The highest BCUT2D eigenvalue weighted by atomic mass is 16.5. The number of unbranched alkanes of at least 4 members (excludes halogenated alkanes) is 18. The van der Waals surface area contributed by atoms with Crippen LogP contribution in [0.3, 0.4) is 0 Å². The standard InChI is InChI=1S/C37H59NO/c1-3-5-7-9-11-12-13-14-15-16-18-20-22-32-39-37-30-26-35(27-31-37)33-38-36-28-24-34(25-29-36)23-21-19-17-10-8-6-4-2/h24-31,33H,3-23,32H2,1-2H3. The van der Waals surface area contributed by atoms with Crippen LogP contribution in [0, 0.1) is 0 Å². The molecule has 0 saturated carbocycles. The molecular weight excluding hydrogens is 474 g/mol. The van der Waals surface area contributed by atoms with Crippen molar-refractivity contribution in [2.45, 2.75) is 149 Å². The highest BCUT2D eigenvalue weighted by Crippen LogP contribution is 2.18. The predicted molar refractivity (Wildman–Crippen MR) is 173 cm³/mol. The molecule has 2 aromatic carbocycles. The second-order valence-electron chi connectivity index (χ2n) is 11.5. The fourth-order valence-corrected chi connectivity index (χ4v) is 5.14. The Kier molecular flexibility index (Phi) is 20.2. The molecule has 0 unspecified atom stereocenters. The molecule has 0 atom stereocenters. The molecule has 2 heteroatoms. The molecule has 0 aromatic heterocycles. The Balaban J connectivity index is 1.49. The van der Waals surface area contributed by atoms with Crippen molar-refractivity contribution < 1.29 is 4.74 Å². The summed E-state index contributed by atoms with van der Waals surface area (Å²) in [6.45, 7) is 5.38. The van der Waals surface area contributed by atoms with Gasteiger partial charge in [-0.25, -0.2) is 0 Å². The summed E-state index contributed by atoms with van der Waals surface area (Å²) in [6, 6.07) is 17.1. The molecule has 218 valence electrons. The molecule has 0 N–H and O–H groups in total. The van der Waals surface area contributed by atoms with Crippen LogP contribution in [0.4, 0.5) is 5.69 Å². The van der Waals surface area contributed by atoms with Crippen molar-refractivity contribution in [2.75, 3.05) is 6.61 Å². The van der Waals surface area contributed by atoms with Gasteiger partial charge < -0.3 is 4.74 Å². The summed E-state index contributed by atoms with van der Waals surface area (Å²) in [7, 11) is 0. The van der Waals surface area contributed by atoms with E-state index in [0.29, 0.717) is 0 Å². The van der Waals surface area contributed by atoms with Gasteiger partial charge in [0.15, 0.2) is 0 Å². The van der Waals surface area contributed by atoms with E-state index in [1.54, 1.807) is 0 Å². The number of benzene rings is 2. The normalized spacial score (nSPS) is 11.4. The number of aliphatic imine (C=N–C) groups is 1. The highest BCUT2D eigenvalue weighted by molar-refractivity contribution is 5.82. The van der Waals surface area contributed by atoms with E-state index >= 15 is 0 Å². The molecule has 0 aliphatic rings. The minimum absolute atomic E-state index is 0.816. The zero-order valence-corrected chi connectivity index (χ0v) is 25.6. The molecule has 0 fully saturated rings. The topological polar surface area (TPSA) is 21.6 Å². The molecule has 0 heterocycles. The van der Waals surface area contributed by atoms with Crippen LogP contribution in [0.25, 0.3) is 0 Å². The van der Waals surface area contributed by atoms with E-state index in [4.69, 9.17) is 4.74 Å². The number of rotatable bonds is 25. The van der Waals surface area contributed by atoms with Crippen molar-refractivity contribution in [2.24, 2.45) is 4.99 Å². The van der Waals surface area contributed by atoms with Crippen LogP contribution in [0.5, 0.6) is 5.75 Å². The van der Waals surface area contributed by atoms with Crippen LogP contribution in [0.2, 0.25) is 0 Å². The first-order valence-electron chi connectivity index (χ1n) is 16.7. The zero-order chi connectivity index (χ0) is 27.6. The lowest BCUT2D eigenvalue weighted by Gasteiger charge is -2.06. The first kappa shape index (κ1) is 33.1. The van der Waals surface area contributed by atoms with E-state index in [1.165, 1.54) is 134 Å². The maximum atomic E-state index is 5.96. The average molecular weight is 534 g/mol. The van der Waals surface area contributed by atoms with Crippen LogP contribution >= 0.6 is 0 Å². The Morgan fingerprint density at radius 2 is 0.974 bits per heavy atom. The van der Waals surface area contributed by atoms with E-state index < -0.39 is 0 Å². The monoisotopic (exact) mass is 533 g/mol. The summed E-state index contributed by atoms with van der Waals surface area (Å²) < 4.78 is 5.96. The third-order valence-corrected chi connectivity index (χ3v) is 7.76. The first-order valence-corrected chi connectivity index (χ1v) is 16.7. The largest absolute Gasteiger partial charge is 0.494 e. The van der Waals surface area contributed by atoms with Gasteiger partial charge in [-0.3, -0.25) is 4.99 Å². The van der Waals surface area contributed by atoms with Gasteiger partial charge in [0.2, 0.25) is 0 Å². The minimum Gasteiger partial charge on any atom is -0.494 e. The molecule has 2 rings (SSSR count). The van der Waals surface area contributed by atoms with Gasteiger partial charge in [0, 0.05) is 6.21 Å².